The van der Waals surface area contributed by atoms with Gasteiger partial charge in [0, 0.05) is 5.56 Å². The van der Waals surface area contributed by atoms with E-state index in [4.69, 9.17) is 17.4 Å². The lowest BCUT2D eigenvalue weighted by Gasteiger charge is -2.25. The maximum absolute atomic E-state index is 13.7. The van der Waals surface area contributed by atoms with Crippen molar-refractivity contribution >= 4 is 33.2 Å². The van der Waals surface area contributed by atoms with Crippen LogP contribution in [0.3, 0.4) is 0 Å². The van der Waals surface area contributed by atoms with Gasteiger partial charge in [0.2, 0.25) is 10.0 Å². The number of nitrogens with two attached hydrogens (primary N) is 1. The minimum Gasteiger partial charge on any atom is -0.303 e. The minimum absolute atomic E-state index is 0.0263. The topological polar surface area (TPSA) is 95.7 Å². The summed E-state index contributed by atoms with van der Waals surface area (Å²) in [5.74, 6) is 4.05. The second-order valence-electron chi connectivity index (χ2n) is 7.49. The average Bonchev–Trinajstić information content (AvgIpc) is 3.27. The van der Waals surface area contributed by atoms with Gasteiger partial charge in [0.25, 0.3) is 5.91 Å². The molecule has 0 spiro atoms. The zero-order chi connectivity index (χ0) is 22.4. The molecule has 1 heterocycles. The first-order chi connectivity index (χ1) is 14.8. The monoisotopic (exact) mass is 468 g/mol. The van der Waals surface area contributed by atoms with Crippen molar-refractivity contribution in [1.29, 1.82) is 0 Å². The summed E-state index contributed by atoms with van der Waals surface area (Å²) in [5, 5.41) is -0.148. The number of anilines is 1. The van der Waals surface area contributed by atoms with Crippen LogP contribution in [0.2, 0.25) is 5.02 Å². The van der Waals surface area contributed by atoms with Crippen molar-refractivity contribution in [2.45, 2.75) is 25.8 Å². The van der Waals surface area contributed by atoms with Crippen LogP contribution in [0.15, 0.2) is 42.5 Å². The van der Waals surface area contributed by atoms with Crippen LogP contribution in [-0.2, 0) is 16.6 Å². The zero-order valence-electron chi connectivity index (χ0n) is 17.1. The highest BCUT2D eigenvalue weighted by molar-refractivity contribution is 7.92. The fourth-order valence-corrected chi connectivity index (χ4v) is 5.26. The Morgan fingerprint density at radius 3 is 2.45 bits per heavy atom. The number of amides is 1. The number of hydrogen-bond acceptors (Lipinski definition) is 5. The van der Waals surface area contributed by atoms with Crippen molar-refractivity contribution in [3.63, 3.8) is 0 Å². The molecular formula is C21H26ClFN4O3S. The van der Waals surface area contributed by atoms with Crippen LogP contribution in [-0.4, -0.2) is 44.6 Å². The summed E-state index contributed by atoms with van der Waals surface area (Å²) in [5.41, 5.74) is 3.36. The second kappa shape index (κ2) is 10.4. The van der Waals surface area contributed by atoms with Gasteiger partial charge in [0.05, 0.1) is 23.0 Å². The number of likely N-dealkylation sites (tertiary alicyclic amines) is 1. The molecule has 1 amide bonds. The number of rotatable bonds is 9. The van der Waals surface area contributed by atoms with Crippen molar-refractivity contribution in [2.75, 3.05) is 29.7 Å². The molecule has 3 N–H and O–H groups in total. The molecule has 1 aliphatic heterocycles. The van der Waals surface area contributed by atoms with E-state index in [1.807, 2.05) is 5.43 Å². The van der Waals surface area contributed by atoms with E-state index >= 15 is 0 Å². The van der Waals surface area contributed by atoms with Crippen LogP contribution in [0.1, 0.15) is 35.2 Å². The number of hydrazine groups is 1. The summed E-state index contributed by atoms with van der Waals surface area (Å²) >= 11 is 5.91. The van der Waals surface area contributed by atoms with E-state index in [0.717, 1.165) is 38.5 Å². The molecule has 3 rings (SSSR count). The van der Waals surface area contributed by atoms with Gasteiger partial charge in [-0.3, -0.25) is 14.5 Å². The highest BCUT2D eigenvalue weighted by Crippen LogP contribution is 2.27. The third-order valence-electron chi connectivity index (χ3n) is 5.28. The van der Waals surface area contributed by atoms with Gasteiger partial charge in [0.15, 0.2) is 0 Å². The maximum atomic E-state index is 13.7. The molecule has 31 heavy (non-hydrogen) atoms. The van der Waals surface area contributed by atoms with Gasteiger partial charge in [-0.15, -0.1) is 0 Å². The van der Waals surface area contributed by atoms with Crippen molar-refractivity contribution in [3.8, 4) is 0 Å². The fraction of sp³-hybridized carbons (Fsp3) is 0.381. The van der Waals surface area contributed by atoms with E-state index in [0.29, 0.717) is 17.5 Å². The standard InChI is InChI=1S/C21H26ClFN4O3S/c22-19-14-18(8-9-20(19)23)27(15-16-4-6-17(7-5-16)21(28)25-24)31(29,30)13-3-12-26-10-1-2-11-26/h4-9,14H,1-3,10-13,15,24H2,(H,25,28). The minimum atomic E-state index is -3.70. The van der Waals surface area contributed by atoms with Crippen LogP contribution >= 0.6 is 11.6 Å². The summed E-state index contributed by atoms with van der Waals surface area (Å²) in [6.45, 7) is 2.75. The van der Waals surface area contributed by atoms with Gasteiger partial charge in [-0.25, -0.2) is 18.7 Å². The SMILES string of the molecule is NNC(=O)c1ccc(CN(c2ccc(F)c(Cl)c2)S(=O)(=O)CCCN2CCCC2)cc1. The molecule has 0 atom stereocenters. The number of nitrogens with one attached hydrogen (secondary N) is 1. The fourth-order valence-electron chi connectivity index (χ4n) is 3.59. The van der Waals surface area contributed by atoms with Crippen LogP contribution in [0.5, 0.6) is 0 Å². The Morgan fingerprint density at radius 1 is 1.16 bits per heavy atom. The molecule has 2 aromatic carbocycles. The molecule has 0 unspecified atom stereocenters. The van der Waals surface area contributed by atoms with Gasteiger partial charge < -0.3 is 4.90 Å². The summed E-state index contributed by atoms with van der Waals surface area (Å²) in [4.78, 5) is 13.9. The van der Waals surface area contributed by atoms with Gasteiger partial charge in [-0.05, 0) is 74.8 Å². The Morgan fingerprint density at radius 2 is 1.84 bits per heavy atom. The van der Waals surface area contributed by atoms with Crippen molar-refractivity contribution in [1.82, 2.24) is 10.3 Å². The number of carbonyl (C=O) groups excluding carboxylic acids is 1. The van der Waals surface area contributed by atoms with Gasteiger partial charge in [0.1, 0.15) is 5.82 Å². The number of nitrogens with zero attached hydrogens (tertiary/aromatic N) is 2. The Bertz CT molecular complexity index is 1010. The Hall–Kier alpha value is -2.20. The molecule has 0 bridgehead atoms. The first-order valence-corrected chi connectivity index (χ1v) is 12.1. The Kier molecular flexibility index (Phi) is 7.88. The highest BCUT2D eigenvalue weighted by Gasteiger charge is 2.24. The van der Waals surface area contributed by atoms with E-state index in [9.17, 15) is 17.6 Å². The number of benzene rings is 2. The molecule has 7 nitrogen and oxygen atoms in total. The summed E-state index contributed by atoms with van der Waals surface area (Å²) in [7, 11) is -3.70. The molecule has 2 aromatic rings. The molecule has 0 radical (unpaired) electrons. The van der Waals surface area contributed by atoms with E-state index in [-0.39, 0.29) is 23.0 Å². The quantitative estimate of drug-likeness (QED) is 0.335. The average molecular weight is 469 g/mol. The lowest BCUT2D eigenvalue weighted by Crippen LogP contribution is -2.34. The molecular weight excluding hydrogens is 443 g/mol. The van der Waals surface area contributed by atoms with Crippen molar-refractivity contribution < 1.29 is 17.6 Å². The number of nitrogen functional groups attached to an aromatic ring is 1. The first-order valence-electron chi connectivity index (χ1n) is 10.1. The lowest BCUT2D eigenvalue weighted by molar-refractivity contribution is 0.0953. The molecule has 0 aromatic heterocycles. The summed E-state index contributed by atoms with van der Waals surface area (Å²) < 4.78 is 41.3. The van der Waals surface area contributed by atoms with E-state index in [2.05, 4.69) is 4.90 Å². The van der Waals surface area contributed by atoms with Crippen LogP contribution in [0.4, 0.5) is 10.1 Å². The molecule has 168 valence electrons. The largest absolute Gasteiger partial charge is 0.303 e. The van der Waals surface area contributed by atoms with Crippen LogP contribution in [0, 0.1) is 5.82 Å². The second-order valence-corrected chi connectivity index (χ2v) is 9.91. The lowest BCUT2D eigenvalue weighted by atomic mass is 10.1. The van der Waals surface area contributed by atoms with Gasteiger partial charge >= 0.3 is 0 Å². The molecule has 10 heteroatoms. The molecule has 0 aliphatic carbocycles. The highest BCUT2D eigenvalue weighted by atomic mass is 35.5. The van der Waals surface area contributed by atoms with Crippen molar-refractivity contribution in [3.05, 3.63) is 64.4 Å². The van der Waals surface area contributed by atoms with E-state index in [1.165, 1.54) is 16.4 Å². The van der Waals surface area contributed by atoms with E-state index < -0.39 is 21.7 Å². The van der Waals surface area contributed by atoms with Gasteiger partial charge in [-0.2, -0.15) is 0 Å². The van der Waals surface area contributed by atoms with Crippen LogP contribution in [0.25, 0.3) is 0 Å². The zero-order valence-corrected chi connectivity index (χ0v) is 18.6. The number of sulfonamides is 1. The number of carbonyl (C=O) groups is 1. The van der Waals surface area contributed by atoms with Gasteiger partial charge in [-0.1, -0.05) is 23.7 Å². The van der Waals surface area contributed by atoms with E-state index in [1.54, 1.807) is 24.3 Å². The molecule has 1 fully saturated rings. The Labute approximate surface area is 187 Å². The third kappa shape index (κ3) is 6.16. The Balaban J connectivity index is 1.81. The smallest absolute Gasteiger partial charge is 0.265 e. The predicted octanol–water partition coefficient (Wildman–Crippen LogP) is 2.90. The third-order valence-corrected chi connectivity index (χ3v) is 7.38. The van der Waals surface area contributed by atoms with Crippen molar-refractivity contribution in [2.24, 2.45) is 5.84 Å². The summed E-state index contributed by atoms with van der Waals surface area (Å²) in [6.07, 6.45) is 2.79. The molecule has 0 saturated carbocycles. The van der Waals surface area contributed by atoms with Crippen LogP contribution < -0.4 is 15.6 Å². The number of hydrogen-bond donors (Lipinski definition) is 2. The molecule has 1 aliphatic rings. The summed E-state index contributed by atoms with van der Waals surface area (Å²) in [6, 6.07) is 10.3. The predicted molar refractivity (Wildman–Crippen MR) is 120 cm³/mol. The first kappa shape index (κ1) is 23.5. The maximum Gasteiger partial charge on any atom is 0.265 e. The normalized spacial score (nSPS) is 14.5. The molecule has 1 saturated heterocycles. The number of halogens is 2.